The summed E-state index contributed by atoms with van der Waals surface area (Å²) >= 11 is 1.29. The number of carbonyl (C=O) groups excluding carboxylic acids is 2. The summed E-state index contributed by atoms with van der Waals surface area (Å²) in [6.45, 7) is 5.87. The number of H-pyrrole nitrogens is 1. The predicted molar refractivity (Wildman–Crippen MR) is 115 cm³/mol. The van der Waals surface area contributed by atoms with E-state index in [-0.39, 0.29) is 28.8 Å². The van der Waals surface area contributed by atoms with Crippen molar-refractivity contribution in [2.24, 2.45) is 5.41 Å². The SMILES string of the molecule is COc1ccc2nc(SCC(=O)Nc3nc(C)c4c(n3)CC(C)(C)CC4=O)[nH]c2c1. The monoisotopic (exact) mass is 425 g/mol. The number of amides is 1. The molecular formula is C21H23N5O3S. The molecule has 9 heteroatoms. The highest BCUT2D eigenvalue weighted by Gasteiger charge is 2.33. The Morgan fingerprint density at radius 3 is 2.83 bits per heavy atom. The number of hydrogen-bond acceptors (Lipinski definition) is 7. The lowest BCUT2D eigenvalue weighted by Gasteiger charge is -2.30. The number of benzene rings is 1. The van der Waals surface area contributed by atoms with Crippen molar-refractivity contribution in [1.82, 2.24) is 19.9 Å². The van der Waals surface area contributed by atoms with Gasteiger partial charge in [-0.2, -0.15) is 0 Å². The van der Waals surface area contributed by atoms with Crippen LogP contribution >= 0.6 is 11.8 Å². The van der Waals surface area contributed by atoms with Crippen molar-refractivity contribution in [1.29, 1.82) is 0 Å². The summed E-state index contributed by atoms with van der Waals surface area (Å²) in [4.78, 5) is 41.3. The fourth-order valence-corrected chi connectivity index (χ4v) is 4.36. The van der Waals surface area contributed by atoms with Gasteiger partial charge in [0.1, 0.15) is 5.75 Å². The third kappa shape index (κ3) is 4.16. The van der Waals surface area contributed by atoms with Crippen LogP contribution in [0.25, 0.3) is 11.0 Å². The third-order valence-electron chi connectivity index (χ3n) is 4.99. The van der Waals surface area contributed by atoms with Gasteiger partial charge >= 0.3 is 0 Å². The molecule has 0 saturated heterocycles. The van der Waals surface area contributed by atoms with Crippen LogP contribution in [0.5, 0.6) is 5.75 Å². The number of thioether (sulfide) groups is 1. The van der Waals surface area contributed by atoms with Crippen molar-refractivity contribution in [3.05, 3.63) is 35.2 Å². The minimum atomic E-state index is -0.237. The Labute approximate surface area is 178 Å². The largest absolute Gasteiger partial charge is 0.497 e. The molecule has 156 valence electrons. The number of nitrogens with zero attached hydrogens (tertiary/aromatic N) is 3. The van der Waals surface area contributed by atoms with Gasteiger partial charge in [0.2, 0.25) is 11.9 Å². The van der Waals surface area contributed by atoms with Crippen LogP contribution < -0.4 is 10.1 Å². The van der Waals surface area contributed by atoms with Crippen LogP contribution in [0.15, 0.2) is 23.4 Å². The molecule has 0 aliphatic heterocycles. The first-order valence-corrected chi connectivity index (χ1v) is 10.6. The number of carbonyl (C=O) groups is 2. The maximum absolute atomic E-state index is 12.4. The molecule has 1 aliphatic carbocycles. The first-order chi connectivity index (χ1) is 14.2. The molecule has 1 amide bonds. The van der Waals surface area contributed by atoms with Crippen LogP contribution in [0.2, 0.25) is 0 Å². The van der Waals surface area contributed by atoms with Crippen LogP contribution in [0.3, 0.4) is 0 Å². The van der Waals surface area contributed by atoms with E-state index >= 15 is 0 Å². The summed E-state index contributed by atoms with van der Waals surface area (Å²) < 4.78 is 5.21. The molecule has 1 aliphatic rings. The Morgan fingerprint density at radius 2 is 2.07 bits per heavy atom. The lowest BCUT2D eigenvalue weighted by Crippen LogP contribution is -2.30. The van der Waals surface area contributed by atoms with Crippen LogP contribution in [-0.2, 0) is 11.2 Å². The zero-order valence-electron chi connectivity index (χ0n) is 17.3. The Hall–Kier alpha value is -2.94. The number of aryl methyl sites for hydroxylation is 1. The van der Waals surface area contributed by atoms with Crippen LogP contribution in [-0.4, -0.2) is 44.5 Å². The molecule has 2 heterocycles. The number of anilines is 1. The van der Waals surface area contributed by atoms with Gasteiger partial charge in [0.15, 0.2) is 10.9 Å². The Bertz CT molecular complexity index is 1150. The van der Waals surface area contributed by atoms with E-state index in [1.54, 1.807) is 14.0 Å². The second-order valence-electron chi connectivity index (χ2n) is 8.16. The van der Waals surface area contributed by atoms with Crippen molar-refractivity contribution < 1.29 is 14.3 Å². The van der Waals surface area contributed by atoms with Gasteiger partial charge in [-0.15, -0.1) is 0 Å². The van der Waals surface area contributed by atoms with Gasteiger partial charge in [-0.05, 0) is 30.9 Å². The Kier molecular flexibility index (Phi) is 5.23. The van der Waals surface area contributed by atoms with Gasteiger partial charge in [-0.1, -0.05) is 25.6 Å². The third-order valence-corrected chi connectivity index (χ3v) is 5.86. The number of ketones is 1. The summed E-state index contributed by atoms with van der Waals surface area (Å²) in [5.74, 6) is 0.951. The molecule has 1 aromatic carbocycles. The molecule has 8 nitrogen and oxygen atoms in total. The van der Waals surface area contributed by atoms with E-state index in [1.165, 1.54) is 11.8 Å². The minimum Gasteiger partial charge on any atom is -0.497 e. The molecule has 0 radical (unpaired) electrons. The van der Waals surface area contributed by atoms with Crippen molar-refractivity contribution in [3.63, 3.8) is 0 Å². The smallest absolute Gasteiger partial charge is 0.237 e. The van der Waals surface area contributed by atoms with Gasteiger partial charge in [0, 0.05) is 12.5 Å². The topological polar surface area (TPSA) is 110 Å². The van der Waals surface area contributed by atoms with E-state index in [4.69, 9.17) is 4.74 Å². The molecule has 0 spiro atoms. The van der Waals surface area contributed by atoms with Crippen molar-refractivity contribution in [2.75, 3.05) is 18.2 Å². The van der Waals surface area contributed by atoms with Crippen molar-refractivity contribution in [3.8, 4) is 5.75 Å². The number of nitrogens with one attached hydrogen (secondary N) is 2. The first kappa shape index (κ1) is 20.3. The van der Waals surface area contributed by atoms with Crippen LogP contribution in [0.4, 0.5) is 5.95 Å². The van der Waals surface area contributed by atoms with E-state index in [2.05, 4.69) is 25.3 Å². The molecule has 3 aromatic rings. The Balaban J connectivity index is 1.44. The van der Waals surface area contributed by atoms with Gasteiger partial charge < -0.3 is 9.72 Å². The molecule has 0 fully saturated rings. The maximum Gasteiger partial charge on any atom is 0.237 e. The zero-order valence-corrected chi connectivity index (χ0v) is 18.1. The number of hydrogen-bond donors (Lipinski definition) is 2. The maximum atomic E-state index is 12.4. The fraction of sp³-hybridized carbons (Fsp3) is 0.381. The van der Waals surface area contributed by atoms with Crippen LogP contribution in [0.1, 0.15) is 42.0 Å². The number of aromatic nitrogens is 4. The van der Waals surface area contributed by atoms with E-state index in [0.717, 1.165) is 16.8 Å². The number of Topliss-reactive ketones (excluding diaryl/α,β-unsaturated/α-hetero) is 1. The second-order valence-corrected chi connectivity index (χ2v) is 9.12. The number of fused-ring (bicyclic) bond motifs is 2. The second kappa shape index (κ2) is 7.71. The summed E-state index contributed by atoms with van der Waals surface area (Å²) in [6.07, 6.45) is 1.16. The van der Waals surface area contributed by atoms with Crippen molar-refractivity contribution in [2.45, 2.75) is 38.8 Å². The number of methoxy groups -OCH3 is 1. The molecule has 4 rings (SSSR count). The van der Waals surface area contributed by atoms with E-state index in [1.807, 2.05) is 32.0 Å². The quantitative estimate of drug-likeness (QED) is 0.602. The fourth-order valence-electron chi connectivity index (χ4n) is 3.67. The lowest BCUT2D eigenvalue weighted by molar-refractivity contribution is -0.113. The first-order valence-electron chi connectivity index (χ1n) is 9.61. The van der Waals surface area contributed by atoms with E-state index in [0.29, 0.717) is 34.9 Å². The summed E-state index contributed by atoms with van der Waals surface area (Å²) in [5, 5.41) is 3.38. The Morgan fingerprint density at radius 1 is 1.27 bits per heavy atom. The highest BCUT2D eigenvalue weighted by molar-refractivity contribution is 7.99. The minimum absolute atomic E-state index is 0.0636. The summed E-state index contributed by atoms with van der Waals surface area (Å²) in [6, 6.07) is 5.56. The molecule has 2 N–H and O–H groups in total. The van der Waals surface area contributed by atoms with Gasteiger partial charge in [-0.25, -0.2) is 15.0 Å². The zero-order chi connectivity index (χ0) is 21.5. The number of ether oxygens (including phenoxy) is 1. The molecule has 2 aromatic heterocycles. The average molecular weight is 426 g/mol. The van der Waals surface area contributed by atoms with Gasteiger partial charge in [0.25, 0.3) is 0 Å². The average Bonchev–Trinajstić information content (AvgIpc) is 3.06. The molecular weight excluding hydrogens is 402 g/mol. The normalized spacial score (nSPS) is 15.1. The standard InChI is InChI=1S/C21H23N5O3S/c1-11-18-15(8-21(2,3)9-16(18)27)23-19(22-11)26-17(28)10-30-20-24-13-6-5-12(29-4)7-14(13)25-20/h5-7H,8-10H2,1-4H3,(H,24,25)(H,22,23,26,28). The highest BCUT2D eigenvalue weighted by Crippen LogP contribution is 2.35. The van der Waals surface area contributed by atoms with Gasteiger partial charge in [-0.3, -0.25) is 14.9 Å². The number of aromatic amines is 1. The lowest BCUT2D eigenvalue weighted by atomic mass is 9.75. The van der Waals surface area contributed by atoms with Crippen molar-refractivity contribution >= 4 is 40.4 Å². The predicted octanol–water partition coefficient (Wildman–Crippen LogP) is 3.56. The van der Waals surface area contributed by atoms with E-state index < -0.39 is 0 Å². The molecule has 0 unspecified atom stereocenters. The number of rotatable bonds is 5. The van der Waals surface area contributed by atoms with Crippen LogP contribution in [0, 0.1) is 12.3 Å². The summed E-state index contributed by atoms with van der Waals surface area (Å²) in [7, 11) is 1.61. The molecule has 0 bridgehead atoms. The summed E-state index contributed by atoms with van der Waals surface area (Å²) in [5.41, 5.74) is 3.41. The van der Waals surface area contributed by atoms with E-state index in [9.17, 15) is 9.59 Å². The highest BCUT2D eigenvalue weighted by atomic mass is 32.2. The van der Waals surface area contributed by atoms with Gasteiger partial charge in [0.05, 0.1) is 40.8 Å². The molecule has 0 atom stereocenters. The molecule has 0 saturated carbocycles. The molecule has 30 heavy (non-hydrogen) atoms. The number of imidazole rings is 1.